The molecule has 3 heterocycles. The highest BCUT2D eigenvalue weighted by Crippen LogP contribution is 2.29. The van der Waals surface area contributed by atoms with Gasteiger partial charge in [-0.3, -0.25) is 24.7 Å². The summed E-state index contributed by atoms with van der Waals surface area (Å²) >= 11 is 0. The Bertz CT molecular complexity index is 730. The molecule has 3 fully saturated rings. The Kier molecular flexibility index (Phi) is 5.09. The van der Waals surface area contributed by atoms with Crippen molar-refractivity contribution in [2.45, 2.75) is 31.5 Å². The fraction of sp³-hybridized carbons (Fsp3) is 0.526. The second-order valence-electron chi connectivity index (χ2n) is 7.26. The molecule has 144 valence electrons. The van der Waals surface area contributed by atoms with Crippen molar-refractivity contribution in [2.75, 3.05) is 32.7 Å². The van der Waals surface area contributed by atoms with Gasteiger partial charge in [-0.25, -0.2) is 4.79 Å². The lowest BCUT2D eigenvalue weighted by Gasteiger charge is -2.27. The number of hydrogen-bond acceptors (Lipinski definition) is 6. The SMILES string of the molecule is O=C1CCC(N2C[C@H](c3ccc(CN4CCNCC4)cc3)OC2=O)C(=O)N1. The van der Waals surface area contributed by atoms with E-state index in [1.165, 1.54) is 10.5 Å². The van der Waals surface area contributed by atoms with E-state index in [0.29, 0.717) is 13.0 Å². The van der Waals surface area contributed by atoms with Crippen LogP contribution in [0.2, 0.25) is 0 Å². The molecule has 0 aromatic heterocycles. The van der Waals surface area contributed by atoms with E-state index >= 15 is 0 Å². The first-order valence-corrected chi connectivity index (χ1v) is 9.43. The number of cyclic esters (lactones) is 1. The predicted octanol–water partition coefficient (Wildman–Crippen LogP) is 0.390. The van der Waals surface area contributed by atoms with Gasteiger partial charge in [0.1, 0.15) is 12.1 Å². The first kappa shape index (κ1) is 17.9. The first-order chi connectivity index (χ1) is 13.1. The lowest BCUT2D eigenvalue weighted by atomic mass is 10.0. The molecule has 0 saturated carbocycles. The quantitative estimate of drug-likeness (QED) is 0.743. The number of nitrogens with zero attached hydrogens (tertiary/aromatic N) is 2. The Morgan fingerprint density at radius 1 is 1.07 bits per heavy atom. The summed E-state index contributed by atoms with van der Waals surface area (Å²) in [5.41, 5.74) is 2.15. The Balaban J connectivity index is 1.38. The minimum atomic E-state index is -0.632. The van der Waals surface area contributed by atoms with Crippen LogP contribution in [-0.4, -0.2) is 66.5 Å². The van der Waals surface area contributed by atoms with Gasteiger partial charge in [-0.2, -0.15) is 0 Å². The summed E-state index contributed by atoms with van der Waals surface area (Å²) in [5, 5.41) is 5.64. The van der Waals surface area contributed by atoms with E-state index in [-0.39, 0.29) is 12.3 Å². The molecule has 2 N–H and O–H groups in total. The molecule has 8 heteroatoms. The van der Waals surface area contributed by atoms with Gasteiger partial charge >= 0.3 is 6.09 Å². The maximum absolute atomic E-state index is 12.2. The fourth-order valence-corrected chi connectivity index (χ4v) is 3.85. The highest BCUT2D eigenvalue weighted by molar-refractivity contribution is 6.01. The molecule has 0 bridgehead atoms. The molecule has 1 unspecified atom stereocenters. The van der Waals surface area contributed by atoms with Gasteiger partial charge in [0, 0.05) is 39.1 Å². The highest BCUT2D eigenvalue weighted by Gasteiger charge is 2.41. The molecule has 27 heavy (non-hydrogen) atoms. The number of nitrogens with one attached hydrogen (secondary N) is 2. The first-order valence-electron chi connectivity index (χ1n) is 9.43. The van der Waals surface area contributed by atoms with Crippen LogP contribution in [0.15, 0.2) is 24.3 Å². The predicted molar refractivity (Wildman–Crippen MR) is 96.7 cm³/mol. The van der Waals surface area contributed by atoms with E-state index in [9.17, 15) is 14.4 Å². The molecule has 8 nitrogen and oxygen atoms in total. The average Bonchev–Trinajstić information content (AvgIpc) is 3.05. The number of imide groups is 1. The summed E-state index contributed by atoms with van der Waals surface area (Å²) in [7, 11) is 0. The smallest absolute Gasteiger partial charge is 0.411 e. The molecule has 1 aromatic carbocycles. The molecule has 3 aliphatic heterocycles. The van der Waals surface area contributed by atoms with Gasteiger partial charge in [0.25, 0.3) is 0 Å². The Hall–Kier alpha value is -2.45. The van der Waals surface area contributed by atoms with Crippen molar-refractivity contribution in [3.63, 3.8) is 0 Å². The Morgan fingerprint density at radius 3 is 2.52 bits per heavy atom. The summed E-state index contributed by atoms with van der Waals surface area (Å²) in [5.74, 6) is -0.712. The summed E-state index contributed by atoms with van der Waals surface area (Å²) in [6, 6.07) is 7.49. The van der Waals surface area contributed by atoms with E-state index < -0.39 is 24.1 Å². The zero-order chi connectivity index (χ0) is 18.8. The van der Waals surface area contributed by atoms with E-state index in [0.717, 1.165) is 38.3 Å². The minimum Gasteiger partial charge on any atom is -0.439 e. The van der Waals surface area contributed by atoms with Crippen LogP contribution in [0.25, 0.3) is 0 Å². The van der Waals surface area contributed by atoms with Crippen molar-refractivity contribution in [1.82, 2.24) is 20.4 Å². The van der Waals surface area contributed by atoms with Gasteiger partial charge in [-0.15, -0.1) is 0 Å². The fourth-order valence-electron chi connectivity index (χ4n) is 3.85. The van der Waals surface area contributed by atoms with Crippen LogP contribution in [0.3, 0.4) is 0 Å². The third-order valence-corrected chi connectivity index (χ3v) is 5.39. The van der Waals surface area contributed by atoms with Crippen molar-refractivity contribution in [3.05, 3.63) is 35.4 Å². The molecule has 4 rings (SSSR count). The van der Waals surface area contributed by atoms with E-state index in [2.05, 4.69) is 27.7 Å². The topological polar surface area (TPSA) is 91.0 Å². The Labute approximate surface area is 157 Å². The monoisotopic (exact) mass is 372 g/mol. The molecular weight excluding hydrogens is 348 g/mol. The van der Waals surface area contributed by atoms with Gasteiger partial charge in [0.05, 0.1) is 6.54 Å². The standard InChI is InChI=1S/C19H24N4O4/c24-17-6-5-15(18(25)21-17)23-12-16(27-19(23)26)14-3-1-13(2-4-14)11-22-9-7-20-8-10-22/h1-4,15-16,20H,5-12H2,(H,21,24,25)/t15?,16-/m1/s1. The summed E-state index contributed by atoms with van der Waals surface area (Å²) in [6.45, 7) is 5.36. The third-order valence-electron chi connectivity index (χ3n) is 5.39. The van der Waals surface area contributed by atoms with E-state index in [1.807, 2.05) is 12.1 Å². The molecule has 0 radical (unpaired) electrons. The second kappa shape index (κ2) is 7.66. The van der Waals surface area contributed by atoms with Crippen molar-refractivity contribution in [1.29, 1.82) is 0 Å². The van der Waals surface area contributed by atoms with E-state index in [1.54, 1.807) is 0 Å². The van der Waals surface area contributed by atoms with Gasteiger partial charge in [-0.05, 0) is 17.5 Å². The van der Waals surface area contributed by atoms with Crippen LogP contribution in [0.4, 0.5) is 4.79 Å². The molecule has 3 saturated heterocycles. The van der Waals surface area contributed by atoms with Crippen LogP contribution in [-0.2, 0) is 20.9 Å². The van der Waals surface area contributed by atoms with Crippen molar-refractivity contribution in [3.8, 4) is 0 Å². The normalized spacial score (nSPS) is 26.8. The summed E-state index contributed by atoms with van der Waals surface area (Å²) < 4.78 is 5.48. The zero-order valence-electron chi connectivity index (χ0n) is 15.1. The number of piperazine rings is 1. The van der Waals surface area contributed by atoms with Crippen molar-refractivity contribution < 1.29 is 19.1 Å². The molecule has 3 aliphatic rings. The number of carbonyl (C=O) groups excluding carboxylic acids is 3. The maximum Gasteiger partial charge on any atom is 0.411 e. The lowest BCUT2D eigenvalue weighted by Crippen LogP contribution is -2.52. The number of rotatable bonds is 4. The van der Waals surface area contributed by atoms with Crippen LogP contribution in [0, 0.1) is 0 Å². The number of carbonyl (C=O) groups is 3. The van der Waals surface area contributed by atoms with Crippen LogP contribution < -0.4 is 10.6 Å². The average molecular weight is 372 g/mol. The van der Waals surface area contributed by atoms with Crippen molar-refractivity contribution >= 4 is 17.9 Å². The lowest BCUT2D eigenvalue weighted by molar-refractivity contribution is -0.136. The number of piperidine rings is 1. The number of amides is 3. The largest absolute Gasteiger partial charge is 0.439 e. The summed E-state index contributed by atoms with van der Waals surface area (Å²) in [6.07, 6.45) is -0.308. The molecule has 0 spiro atoms. The Morgan fingerprint density at radius 2 is 1.81 bits per heavy atom. The van der Waals surface area contributed by atoms with Gasteiger partial charge in [0.15, 0.2) is 0 Å². The maximum atomic E-state index is 12.2. The van der Waals surface area contributed by atoms with Crippen LogP contribution in [0.1, 0.15) is 30.1 Å². The summed E-state index contributed by atoms with van der Waals surface area (Å²) in [4.78, 5) is 39.4. The number of hydrogen-bond donors (Lipinski definition) is 2. The van der Waals surface area contributed by atoms with Gasteiger partial charge in [0.2, 0.25) is 11.8 Å². The second-order valence-corrected chi connectivity index (χ2v) is 7.26. The number of ether oxygens (including phenoxy) is 1. The van der Waals surface area contributed by atoms with Gasteiger partial charge in [-0.1, -0.05) is 24.3 Å². The van der Waals surface area contributed by atoms with Crippen LogP contribution >= 0.6 is 0 Å². The molecule has 0 aliphatic carbocycles. The molecule has 2 atom stereocenters. The highest BCUT2D eigenvalue weighted by atomic mass is 16.6. The zero-order valence-corrected chi connectivity index (χ0v) is 15.1. The van der Waals surface area contributed by atoms with Crippen LogP contribution in [0.5, 0.6) is 0 Å². The van der Waals surface area contributed by atoms with Gasteiger partial charge < -0.3 is 10.1 Å². The third kappa shape index (κ3) is 3.96. The number of benzene rings is 1. The van der Waals surface area contributed by atoms with E-state index in [4.69, 9.17) is 4.74 Å². The molecular formula is C19H24N4O4. The molecule has 1 aromatic rings. The minimum absolute atomic E-state index is 0.242. The van der Waals surface area contributed by atoms with Crippen molar-refractivity contribution in [2.24, 2.45) is 0 Å². The molecule has 3 amide bonds.